The lowest BCUT2D eigenvalue weighted by Crippen LogP contribution is -2.40. The van der Waals surface area contributed by atoms with Crippen LogP contribution >= 0.6 is 0 Å². The van der Waals surface area contributed by atoms with E-state index in [2.05, 4.69) is 20.6 Å². The quantitative estimate of drug-likeness (QED) is 0.484. The molecule has 3 aromatic rings. The number of esters is 1. The number of carbonyl (C=O) groups excluding carboxylic acids is 2. The van der Waals surface area contributed by atoms with E-state index >= 15 is 0 Å². The van der Waals surface area contributed by atoms with Gasteiger partial charge in [0.05, 0.1) is 12.5 Å². The second-order valence-electron chi connectivity index (χ2n) is 8.55. The minimum atomic E-state index is -0.163. The van der Waals surface area contributed by atoms with E-state index in [1.54, 1.807) is 11.4 Å². The summed E-state index contributed by atoms with van der Waals surface area (Å²) in [5.74, 6) is 2.55. The normalized spacial score (nSPS) is 15.4. The highest BCUT2D eigenvalue weighted by molar-refractivity contribution is 5.77. The molecule has 0 bridgehead atoms. The number of likely N-dealkylation sites (tertiary alicyclic amines) is 1. The number of aryl methyl sites for hydroxylation is 1. The van der Waals surface area contributed by atoms with Crippen LogP contribution in [0.4, 0.5) is 5.82 Å². The second kappa shape index (κ2) is 10.2. The van der Waals surface area contributed by atoms with Gasteiger partial charge in [-0.05, 0) is 49.6 Å². The molecule has 0 unspecified atom stereocenters. The number of rotatable bonds is 8. The first-order valence-corrected chi connectivity index (χ1v) is 11.9. The highest BCUT2D eigenvalue weighted by Gasteiger charge is 2.28. The summed E-state index contributed by atoms with van der Waals surface area (Å²) in [6.07, 6.45) is 2.01. The smallest absolute Gasteiger partial charge is 0.309 e. The van der Waals surface area contributed by atoms with Crippen molar-refractivity contribution >= 4 is 23.3 Å². The first kappa shape index (κ1) is 22.9. The third-order valence-electron chi connectivity index (χ3n) is 6.27. The standard InChI is InChI=1S/C24H28N6O5/c1-2-33-24(32)17-9-11-29(12-10-17)23(31)8-7-22-27-26-21-6-5-20(28-30(21)22)25-14-16-3-4-18-19(13-16)35-15-34-18/h3-6,13,17H,2,7-12,14-15H2,1H3,(H,25,28). The Bertz CT molecular complexity index is 1220. The number of aromatic nitrogens is 4. The first-order chi connectivity index (χ1) is 17.1. The zero-order chi connectivity index (χ0) is 24.2. The van der Waals surface area contributed by atoms with Crippen molar-refractivity contribution in [1.29, 1.82) is 0 Å². The number of hydrogen-bond donors (Lipinski definition) is 1. The van der Waals surface area contributed by atoms with Crippen LogP contribution in [0.25, 0.3) is 5.65 Å². The largest absolute Gasteiger partial charge is 0.466 e. The molecule has 1 aromatic carbocycles. The number of nitrogens with one attached hydrogen (secondary N) is 1. The SMILES string of the molecule is CCOC(=O)C1CCN(C(=O)CCc2nnc3ccc(NCc4ccc5c(c4)OCO5)nn23)CC1. The molecule has 184 valence electrons. The summed E-state index contributed by atoms with van der Waals surface area (Å²) in [7, 11) is 0. The lowest BCUT2D eigenvalue weighted by atomic mass is 9.96. The lowest BCUT2D eigenvalue weighted by molar-refractivity contribution is -0.151. The fourth-order valence-corrected chi connectivity index (χ4v) is 4.33. The van der Waals surface area contributed by atoms with Crippen LogP contribution in [0.1, 0.15) is 37.6 Å². The van der Waals surface area contributed by atoms with Crippen molar-refractivity contribution in [2.45, 2.75) is 39.2 Å². The van der Waals surface area contributed by atoms with Gasteiger partial charge in [-0.2, -0.15) is 4.52 Å². The number of anilines is 1. The molecule has 0 saturated carbocycles. The van der Waals surface area contributed by atoms with Gasteiger partial charge in [-0.3, -0.25) is 9.59 Å². The average Bonchev–Trinajstić information content (AvgIpc) is 3.52. The van der Waals surface area contributed by atoms with E-state index in [9.17, 15) is 9.59 Å². The molecule has 0 atom stereocenters. The molecule has 0 aliphatic carbocycles. The summed E-state index contributed by atoms with van der Waals surface area (Å²) in [4.78, 5) is 26.5. The van der Waals surface area contributed by atoms with E-state index in [-0.39, 0.29) is 24.6 Å². The highest BCUT2D eigenvalue weighted by atomic mass is 16.7. The minimum absolute atomic E-state index is 0.0427. The van der Waals surface area contributed by atoms with Crippen LogP contribution in [-0.4, -0.2) is 63.1 Å². The molecule has 1 amide bonds. The zero-order valence-electron chi connectivity index (χ0n) is 19.6. The average molecular weight is 481 g/mol. The maximum Gasteiger partial charge on any atom is 0.309 e. The molecular weight excluding hydrogens is 452 g/mol. The van der Waals surface area contributed by atoms with Gasteiger partial charge in [-0.15, -0.1) is 15.3 Å². The number of nitrogens with zero attached hydrogens (tertiary/aromatic N) is 5. The Hall–Kier alpha value is -3.89. The zero-order valence-corrected chi connectivity index (χ0v) is 19.6. The van der Waals surface area contributed by atoms with Gasteiger partial charge < -0.3 is 24.4 Å². The lowest BCUT2D eigenvalue weighted by Gasteiger charge is -2.30. The molecule has 1 N–H and O–H groups in total. The molecule has 1 saturated heterocycles. The number of carbonyl (C=O) groups is 2. The number of ether oxygens (including phenoxy) is 3. The Labute approximate surface area is 202 Å². The second-order valence-corrected chi connectivity index (χ2v) is 8.55. The van der Waals surface area contributed by atoms with Crippen molar-refractivity contribution in [3.63, 3.8) is 0 Å². The summed E-state index contributed by atoms with van der Waals surface area (Å²) in [5, 5.41) is 16.3. The predicted octanol–water partition coefficient (Wildman–Crippen LogP) is 2.20. The summed E-state index contributed by atoms with van der Waals surface area (Å²) in [5.41, 5.74) is 1.66. The van der Waals surface area contributed by atoms with Gasteiger partial charge in [0.1, 0.15) is 5.82 Å². The van der Waals surface area contributed by atoms with E-state index in [4.69, 9.17) is 14.2 Å². The van der Waals surface area contributed by atoms with Gasteiger partial charge in [0.15, 0.2) is 23.0 Å². The molecule has 0 radical (unpaired) electrons. The fraction of sp³-hybridized carbons (Fsp3) is 0.458. The maximum absolute atomic E-state index is 12.7. The Morgan fingerprint density at radius 1 is 1.11 bits per heavy atom. The van der Waals surface area contributed by atoms with E-state index in [0.717, 1.165) is 17.1 Å². The summed E-state index contributed by atoms with van der Waals surface area (Å²) in [6.45, 7) is 4.12. The highest BCUT2D eigenvalue weighted by Crippen LogP contribution is 2.32. The molecule has 35 heavy (non-hydrogen) atoms. The van der Waals surface area contributed by atoms with Crippen molar-refractivity contribution in [3.8, 4) is 11.5 Å². The number of piperidine rings is 1. The van der Waals surface area contributed by atoms with Gasteiger partial charge >= 0.3 is 5.97 Å². The van der Waals surface area contributed by atoms with Crippen LogP contribution in [-0.2, 0) is 27.3 Å². The Morgan fingerprint density at radius 2 is 1.94 bits per heavy atom. The number of amides is 1. The summed E-state index contributed by atoms with van der Waals surface area (Å²) >= 11 is 0. The van der Waals surface area contributed by atoms with Crippen molar-refractivity contribution < 1.29 is 23.8 Å². The van der Waals surface area contributed by atoms with E-state index in [1.165, 1.54) is 0 Å². The van der Waals surface area contributed by atoms with Crippen molar-refractivity contribution in [3.05, 3.63) is 41.7 Å². The number of benzene rings is 1. The third-order valence-corrected chi connectivity index (χ3v) is 6.27. The van der Waals surface area contributed by atoms with Crippen LogP contribution in [0.5, 0.6) is 11.5 Å². The Balaban J connectivity index is 1.16. The predicted molar refractivity (Wildman–Crippen MR) is 125 cm³/mol. The summed E-state index contributed by atoms with van der Waals surface area (Å²) < 4.78 is 17.6. The molecule has 4 heterocycles. The van der Waals surface area contributed by atoms with Gasteiger partial charge in [0.2, 0.25) is 12.7 Å². The van der Waals surface area contributed by atoms with Crippen LogP contribution in [0.3, 0.4) is 0 Å². The van der Waals surface area contributed by atoms with Gasteiger partial charge in [0.25, 0.3) is 0 Å². The molecular formula is C24H28N6O5. The first-order valence-electron chi connectivity index (χ1n) is 11.9. The van der Waals surface area contributed by atoms with Gasteiger partial charge in [-0.1, -0.05) is 6.07 Å². The molecule has 2 aliphatic heterocycles. The van der Waals surface area contributed by atoms with E-state index in [1.807, 2.05) is 35.2 Å². The van der Waals surface area contributed by atoms with E-state index in [0.29, 0.717) is 69.2 Å². The maximum atomic E-state index is 12.7. The molecule has 11 nitrogen and oxygen atoms in total. The monoisotopic (exact) mass is 480 g/mol. The number of hydrogen-bond acceptors (Lipinski definition) is 9. The van der Waals surface area contributed by atoms with E-state index < -0.39 is 0 Å². The van der Waals surface area contributed by atoms with Crippen LogP contribution in [0.2, 0.25) is 0 Å². The fourth-order valence-electron chi connectivity index (χ4n) is 4.33. The van der Waals surface area contributed by atoms with Crippen LogP contribution < -0.4 is 14.8 Å². The Morgan fingerprint density at radius 3 is 2.77 bits per heavy atom. The molecule has 0 spiro atoms. The number of fused-ring (bicyclic) bond motifs is 2. The molecule has 2 aromatic heterocycles. The molecule has 5 rings (SSSR count). The topological polar surface area (TPSA) is 120 Å². The van der Waals surface area contributed by atoms with Crippen molar-refractivity contribution in [2.24, 2.45) is 5.92 Å². The van der Waals surface area contributed by atoms with Crippen molar-refractivity contribution in [2.75, 3.05) is 31.8 Å². The van der Waals surface area contributed by atoms with Crippen molar-refractivity contribution in [1.82, 2.24) is 24.7 Å². The molecule has 1 fully saturated rings. The molecule has 11 heteroatoms. The minimum Gasteiger partial charge on any atom is -0.466 e. The van der Waals surface area contributed by atoms with Crippen LogP contribution in [0, 0.1) is 5.92 Å². The third kappa shape index (κ3) is 5.13. The molecule has 2 aliphatic rings. The Kier molecular flexibility index (Phi) is 6.64. The van der Waals surface area contributed by atoms with Crippen LogP contribution in [0.15, 0.2) is 30.3 Å². The summed E-state index contributed by atoms with van der Waals surface area (Å²) in [6, 6.07) is 9.50. The van der Waals surface area contributed by atoms with Gasteiger partial charge in [0, 0.05) is 32.5 Å². The van der Waals surface area contributed by atoms with Gasteiger partial charge in [-0.25, -0.2) is 0 Å².